The number of carbonyl (C=O) groups is 1. The van der Waals surface area contributed by atoms with Gasteiger partial charge in [0.1, 0.15) is 11.9 Å². The van der Waals surface area contributed by atoms with Crippen LogP contribution in [0.1, 0.15) is 32.6 Å². The van der Waals surface area contributed by atoms with Crippen molar-refractivity contribution in [1.82, 2.24) is 14.5 Å². The van der Waals surface area contributed by atoms with Gasteiger partial charge in [0.2, 0.25) is 15.9 Å². The van der Waals surface area contributed by atoms with Crippen molar-refractivity contribution in [3.8, 4) is 0 Å². The van der Waals surface area contributed by atoms with E-state index in [2.05, 4.69) is 9.82 Å². The minimum absolute atomic E-state index is 0.0797. The predicted octanol–water partition coefficient (Wildman–Crippen LogP) is 0.497. The van der Waals surface area contributed by atoms with E-state index in [4.69, 9.17) is 4.74 Å². The van der Waals surface area contributed by atoms with E-state index in [0.29, 0.717) is 31.9 Å². The van der Waals surface area contributed by atoms with Crippen LogP contribution in [0.4, 0.5) is 5.82 Å². The van der Waals surface area contributed by atoms with Gasteiger partial charge in [-0.25, -0.2) is 17.8 Å². The van der Waals surface area contributed by atoms with Crippen molar-refractivity contribution in [3.63, 3.8) is 0 Å². The fourth-order valence-corrected chi connectivity index (χ4v) is 4.80. The monoisotopic (exact) mass is 356 g/mol. The number of hydrogen-bond acceptors (Lipinski definition) is 5. The maximum Gasteiger partial charge on any atom is 0.246 e. The van der Waals surface area contributed by atoms with Crippen LogP contribution in [-0.2, 0) is 26.1 Å². The molecule has 0 aliphatic carbocycles. The summed E-state index contributed by atoms with van der Waals surface area (Å²) >= 11 is 0. The number of anilines is 1. The lowest BCUT2D eigenvalue weighted by Gasteiger charge is -2.32. The molecular formula is C15H24N4O4S. The summed E-state index contributed by atoms with van der Waals surface area (Å²) in [5, 5.41) is 4.18. The van der Waals surface area contributed by atoms with Crippen LogP contribution in [0.5, 0.6) is 0 Å². The van der Waals surface area contributed by atoms with E-state index in [1.807, 2.05) is 6.92 Å². The number of piperidine rings is 1. The molecule has 1 N–H and O–H groups in total. The molecule has 24 heavy (non-hydrogen) atoms. The first-order valence-electron chi connectivity index (χ1n) is 8.45. The largest absolute Gasteiger partial charge is 0.377 e. The van der Waals surface area contributed by atoms with Crippen LogP contribution in [0.25, 0.3) is 0 Å². The topological polar surface area (TPSA) is 93.5 Å². The van der Waals surface area contributed by atoms with Crippen molar-refractivity contribution in [2.24, 2.45) is 0 Å². The zero-order valence-electron chi connectivity index (χ0n) is 13.8. The second-order valence-electron chi connectivity index (χ2n) is 6.22. The van der Waals surface area contributed by atoms with E-state index in [1.54, 1.807) is 21.8 Å². The summed E-state index contributed by atoms with van der Waals surface area (Å²) in [6, 6.07) is 1.07. The predicted molar refractivity (Wildman–Crippen MR) is 89.2 cm³/mol. The molecule has 2 aliphatic heterocycles. The molecule has 1 aromatic rings. The molecule has 1 amide bonds. The molecule has 2 saturated heterocycles. The smallest absolute Gasteiger partial charge is 0.246 e. The Bertz CT molecular complexity index is 681. The number of nitrogens with one attached hydrogen (secondary N) is 1. The number of aryl methyl sites for hydroxylation is 1. The second kappa shape index (κ2) is 7.20. The highest BCUT2D eigenvalue weighted by Gasteiger charge is 2.35. The van der Waals surface area contributed by atoms with Crippen LogP contribution >= 0.6 is 0 Å². The molecule has 2 atom stereocenters. The summed E-state index contributed by atoms with van der Waals surface area (Å²) < 4.78 is 34.4. The molecule has 2 unspecified atom stereocenters. The van der Waals surface area contributed by atoms with E-state index >= 15 is 0 Å². The molecular weight excluding hydrogens is 332 g/mol. The van der Waals surface area contributed by atoms with Gasteiger partial charge >= 0.3 is 0 Å². The lowest BCUT2D eigenvalue weighted by molar-refractivity contribution is -0.121. The Labute approximate surface area is 142 Å². The number of aromatic nitrogens is 2. The van der Waals surface area contributed by atoms with Crippen molar-refractivity contribution in [2.75, 3.05) is 23.8 Å². The molecule has 0 saturated carbocycles. The summed E-state index contributed by atoms with van der Waals surface area (Å²) in [5.41, 5.74) is 0. The van der Waals surface area contributed by atoms with Gasteiger partial charge in [-0.05, 0) is 32.6 Å². The van der Waals surface area contributed by atoms with Gasteiger partial charge in [0.15, 0.2) is 0 Å². The van der Waals surface area contributed by atoms with Gasteiger partial charge in [0.05, 0.1) is 18.1 Å². The van der Waals surface area contributed by atoms with Gasteiger partial charge in [-0.2, -0.15) is 5.10 Å². The summed E-state index contributed by atoms with van der Waals surface area (Å²) in [6.07, 6.45) is 4.28. The lowest BCUT2D eigenvalue weighted by atomic mass is 10.1. The summed E-state index contributed by atoms with van der Waals surface area (Å²) in [7, 11) is -3.55. The van der Waals surface area contributed by atoms with Gasteiger partial charge in [-0.15, -0.1) is 0 Å². The summed E-state index contributed by atoms with van der Waals surface area (Å²) in [5.74, 6) is 0.418. The average Bonchev–Trinajstić information content (AvgIpc) is 3.19. The lowest BCUT2D eigenvalue weighted by Crippen LogP contribution is -2.53. The van der Waals surface area contributed by atoms with Crippen LogP contribution in [0.3, 0.4) is 0 Å². The standard InChI is InChI=1S/C15H24N4O4S/c1-2-19-14(7-8-16-19)18-9-3-6-13(15(18)20)17-24(21,22)11-12-5-4-10-23-12/h7-8,12-13,17H,2-6,9-11H2,1H3. The highest BCUT2D eigenvalue weighted by Crippen LogP contribution is 2.22. The fraction of sp³-hybridized carbons (Fsp3) is 0.733. The summed E-state index contributed by atoms with van der Waals surface area (Å²) in [6.45, 7) is 3.79. The Morgan fingerprint density at radius 1 is 1.38 bits per heavy atom. The molecule has 0 radical (unpaired) electrons. The van der Waals surface area contributed by atoms with Crippen LogP contribution in [-0.4, -0.2) is 55.2 Å². The van der Waals surface area contributed by atoms with Crippen LogP contribution in [0, 0.1) is 0 Å². The van der Waals surface area contributed by atoms with Crippen LogP contribution in [0.2, 0.25) is 0 Å². The number of nitrogens with zero attached hydrogens (tertiary/aromatic N) is 3. The van der Waals surface area contributed by atoms with Crippen molar-refractivity contribution < 1.29 is 17.9 Å². The Morgan fingerprint density at radius 3 is 2.92 bits per heavy atom. The van der Waals surface area contributed by atoms with E-state index in [-0.39, 0.29) is 17.8 Å². The molecule has 9 heteroatoms. The number of ether oxygens (including phenoxy) is 1. The van der Waals surface area contributed by atoms with E-state index in [1.165, 1.54) is 0 Å². The first-order valence-corrected chi connectivity index (χ1v) is 10.1. The van der Waals surface area contributed by atoms with Crippen molar-refractivity contribution in [2.45, 2.75) is 51.3 Å². The van der Waals surface area contributed by atoms with Crippen molar-refractivity contribution in [1.29, 1.82) is 0 Å². The van der Waals surface area contributed by atoms with Crippen LogP contribution < -0.4 is 9.62 Å². The fourth-order valence-electron chi connectivity index (χ4n) is 3.30. The third kappa shape index (κ3) is 3.79. The van der Waals surface area contributed by atoms with Gasteiger partial charge in [-0.1, -0.05) is 0 Å². The van der Waals surface area contributed by atoms with Gasteiger partial charge in [0.25, 0.3) is 0 Å². The number of amides is 1. The molecule has 3 heterocycles. The number of rotatable bonds is 6. The molecule has 3 rings (SSSR count). The van der Waals surface area contributed by atoms with Crippen molar-refractivity contribution >= 4 is 21.7 Å². The molecule has 1 aromatic heterocycles. The van der Waals surface area contributed by atoms with Gasteiger partial charge in [0, 0.05) is 25.8 Å². The maximum absolute atomic E-state index is 12.7. The minimum Gasteiger partial charge on any atom is -0.377 e. The Kier molecular flexibility index (Phi) is 5.21. The Morgan fingerprint density at radius 2 is 2.21 bits per heavy atom. The van der Waals surface area contributed by atoms with Crippen molar-refractivity contribution in [3.05, 3.63) is 12.3 Å². The van der Waals surface area contributed by atoms with Gasteiger partial charge in [-0.3, -0.25) is 9.69 Å². The average molecular weight is 356 g/mol. The van der Waals surface area contributed by atoms with E-state index < -0.39 is 16.1 Å². The number of hydrogen-bond donors (Lipinski definition) is 1. The Balaban J connectivity index is 1.68. The normalized spacial score (nSPS) is 25.4. The van der Waals surface area contributed by atoms with E-state index in [9.17, 15) is 13.2 Å². The second-order valence-corrected chi connectivity index (χ2v) is 8.02. The molecule has 8 nitrogen and oxygen atoms in total. The Hall–Kier alpha value is -1.45. The third-order valence-electron chi connectivity index (χ3n) is 4.46. The maximum atomic E-state index is 12.7. The zero-order chi connectivity index (χ0) is 17.2. The van der Waals surface area contributed by atoms with Crippen LogP contribution in [0.15, 0.2) is 12.3 Å². The first-order chi connectivity index (χ1) is 11.5. The molecule has 0 spiro atoms. The number of carbonyl (C=O) groups excluding carboxylic acids is 1. The quantitative estimate of drug-likeness (QED) is 0.801. The highest BCUT2D eigenvalue weighted by molar-refractivity contribution is 7.89. The number of sulfonamides is 1. The first kappa shape index (κ1) is 17.4. The third-order valence-corrected chi connectivity index (χ3v) is 5.91. The summed E-state index contributed by atoms with van der Waals surface area (Å²) in [4.78, 5) is 14.4. The zero-order valence-corrected chi connectivity index (χ0v) is 14.7. The van der Waals surface area contributed by atoms with Gasteiger partial charge < -0.3 is 4.74 Å². The SMILES string of the molecule is CCn1nccc1N1CCCC(NS(=O)(=O)CC2CCCO2)C1=O. The molecule has 134 valence electrons. The van der Waals surface area contributed by atoms with E-state index in [0.717, 1.165) is 19.3 Å². The molecule has 2 fully saturated rings. The highest BCUT2D eigenvalue weighted by atomic mass is 32.2. The molecule has 0 aromatic carbocycles. The minimum atomic E-state index is -3.55. The molecule has 0 bridgehead atoms. The molecule has 2 aliphatic rings.